The summed E-state index contributed by atoms with van der Waals surface area (Å²) in [6.07, 6.45) is -13.8. The number of aryl methyl sites for hydroxylation is 1. The van der Waals surface area contributed by atoms with Crippen LogP contribution in [0.1, 0.15) is 28.7 Å². The molecule has 0 unspecified atom stereocenters. The highest BCUT2D eigenvalue weighted by Gasteiger charge is 2.75. The standard InChI is InChI=1S/C28H25F8NO2/c1-17-12-20(14-22(30)13-17)25(15-18-6-4-3-5-7-18,19-8-10-21(29)11-9-19)16-23(38)24(37-2)26(39,27(31,32)33)28(34,35)36/h3-14,24,37,39H,15-16H2,1-2H3/t24-,25+/m0/s1. The normalized spacial score (nSPS) is 15.1. The second kappa shape index (κ2) is 11.1. The maximum Gasteiger partial charge on any atom is 0.428 e. The highest BCUT2D eigenvalue weighted by Crippen LogP contribution is 2.47. The van der Waals surface area contributed by atoms with Crippen molar-refractivity contribution in [2.75, 3.05) is 7.05 Å². The number of carbonyl (C=O) groups excluding carboxylic acids is 1. The largest absolute Gasteiger partial charge is 0.428 e. The fraction of sp³-hybridized carbons (Fsp3) is 0.321. The van der Waals surface area contributed by atoms with E-state index in [1.165, 1.54) is 25.1 Å². The molecule has 0 aliphatic carbocycles. The molecule has 2 N–H and O–H groups in total. The lowest BCUT2D eigenvalue weighted by molar-refractivity contribution is -0.372. The number of likely N-dealkylation sites (N-methyl/N-ethyl adjacent to an activating group) is 1. The molecule has 0 aromatic heterocycles. The summed E-state index contributed by atoms with van der Waals surface area (Å²) in [5, 5.41) is 11.7. The van der Waals surface area contributed by atoms with Crippen molar-refractivity contribution in [1.82, 2.24) is 5.32 Å². The minimum atomic E-state index is -6.28. The molecule has 0 aliphatic rings. The molecule has 0 saturated heterocycles. The van der Waals surface area contributed by atoms with Crippen molar-refractivity contribution in [3.8, 4) is 0 Å². The SMILES string of the molecule is CN[C@@H](C(=O)C[C@](Cc1ccccc1)(c1ccc(F)cc1)c1cc(C)cc(F)c1)C(O)(C(F)(F)F)C(F)(F)F. The molecular weight excluding hydrogens is 534 g/mol. The Labute approximate surface area is 219 Å². The molecule has 0 spiro atoms. The Hall–Kier alpha value is -3.31. The number of benzene rings is 3. The number of rotatable bonds is 9. The van der Waals surface area contributed by atoms with Crippen LogP contribution in [0.4, 0.5) is 35.1 Å². The van der Waals surface area contributed by atoms with Gasteiger partial charge in [-0.05, 0) is 66.9 Å². The number of nitrogens with one attached hydrogen (secondary N) is 1. The van der Waals surface area contributed by atoms with E-state index < -0.39 is 53.2 Å². The minimum Gasteiger partial charge on any atom is -0.372 e. The van der Waals surface area contributed by atoms with Crippen LogP contribution in [0.2, 0.25) is 0 Å². The number of hydrogen-bond donors (Lipinski definition) is 2. The van der Waals surface area contributed by atoms with Gasteiger partial charge in [-0.2, -0.15) is 26.3 Å². The van der Waals surface area contributed by atoms with Crippen molar-refractivity contribution in [2.24, 2.45) is 0 Å². The molecule has 3 aromatic carbocycles. The highest BCUT2D eigenvalue weighted by molar-refractivity contribution is 5.87. The molecule has 39 heavy (non-hydrogen) atoms. The number of hydrogen-bond acceptors (Lipinski definition) is 3. The second-order valence-corrected chi connectivity index (χ2v) is 9.40. The van der Waals surface area contributed by atoms with Gasteiger partial charge in [-0.3, -0.25) is 4.79 Å². The van der Waals surface area contributed by atoms with Gasteiger partial charge in [0.05, 0.1) is 0 Å². The van der Waals surface area contributed by atoms with E-state index in [0.717, 1.165) is 24.3 Å². The zero-order chi connectivity index (χ0) is 29.2. The third-order valence-corrected chi connectivity index (χ3v) is 6.71. The Bertz CT molecular complexity index is 1260. The van der Waals surface area contributed by atoms with E-state index in [-0.39, 0.29) is 17.5 Å². The van der Waals surface area contributed by atoms with Crippen LogP contribution in [-0.2, 0) is 16.6 Å². The van der Waals surface area contributed by atoms with Gasteiger partial charge in [-0.15, -0.1) is 0 Å². The van der Waals surface area contributed by atoms with Gasteiger partial charge < -0.3 is 10.4 Å². The zero-order valence-electron chi connectivity index (χ0n) is 20.8. The molecule has 0 saturated carbocycles. The number of carbonyl (C=O) groups is 1. The molecular formula is C28H25F8NO2. The van der Waals surface area contributed by atoms with E-state index in [1.807, 2.05) is 0 Å². The first kappa shape index (κ1) is 30.2. The summed E-state index contributed by atoms with van der Waals surface area (Å²) in [5.74, 6) is -3.09. The highest BCUT2D eigenvalue weighted by atomic mass is 19.4. The second-order valence-electron chi connectivity index (χ2n) is 9.40. The smallest absolute Gasteiger partial charge is 0.372 e. The van der Waals surface area contributed by atoms with Crippen LogP contribution in [0.15, 0.2) is 72.8 Å². The van der Waals surface area contributed by atoms with Gasteiger partial charge in [-0.25, -0.2) is 8.78 Å². The predicted molar refractivity (Wildman–Crippen MR) is 128 cm³/mol. The monoisotopic (exact) mass is 559 g/mol. The molecule has 11 heteroatoms. The Morgan fingerprint density at radius 2 is 1.38 bits per heavy atom. The summed E-state index contributed by atoms with van der Waals surface area (Å²) in [7, 11) is 0.689. The van der Waals surface area contributed by atoms with E-state index >= 15 is 0 Å². The van der Waals surface area contributed by atoms with Crippen LogP contribution in [-0.4, -0.2) is 41.9 Å². The van der Waals surface area contributed by atoms with Crippen molar-refractivity contribution in [3.63, 3.8) is 0 Å². The van der Waals surface area contributed by atoms with Crippen LogP contribution in [0.25, 0.3) is 0 Å². The van der Waals surface area contributed by atoms with Gasteiger partial charge in [0.25, 0.3) is 5.60 Å². The van der Waals surface area contributed by atoms with Crippen molar-refractivity contribution in [3.05, 3.63) is 107 Å². The molecule has 3 aromatic rings. The number of Topliss-reactive ketones (excluding diaryl/α,β-unsaturated/α-hetero) is 1. The minimum absolute atomic E-state index is 0.0706. The summed E-state index contributed by atoms with van der Waals surface area (Å²) in [6, 6.07) is 13.2. The number of aliphatic hydroxyl groups is 1. The van der Waals surface area contributed by atoms with Gasteiger partial charge in [-0.1, -0.05) is 48.5 Å². The first-order valence-corrected chi connectivity index (χ1v) is 11.7. The van der Waals surface area contributed by atoms with Crippen LogP contribution >= 0.6 is 0 Å². The molecule has 0 heterocycles. The van der Waals surface area contributed by atoms with Crippen molar-refractivity contribution in [1.29, 1.82) is 0 Å². The first-order chi connectivity index (χ1) is 18.0. The lowest BCUT2D eigenvalue weighted by Gasteiger charge is -2.41. The maximum absolute atomic E-state index is 14.6. The maximum atomic E-state index is 14.6. The fourth-order valence-electron chi connectivity index (χ4n) is 4.85. The van der Waals surface area contributed by atoms with Crippen LogP contribution < -0.4 is 5.32 Å². The van der Waals surface area contributed by atoms with Gasteiger partial charge in [0.2, 0.25) is 0 Å². The molecule has 0 aliphatic heterocycles. The Morgan fingerprint density at radius 1 is 0.821 bits per heavy atom. The number of alkyl halides is 6. The average Bonchev–Trinajstić information content (AvgIpc) is 2.83. The van der Waals surface area contributed by atoms with Gasteiger partial charge >= 0.3 is 12.4 Å². The van der Waals surface area contributed by atoms with Crippen LogP contribution in [0, 0.1) is 18.6 Å². The molecule has 3 nitrogen and oxygen atoms in total. The van der Waals surface area contributed by atoms with Gasteiger partial charge in [0.15, 0.2) is 5.78 Å². The molecule has 3 rings (SSSR count). The Balaban J connectivity index is 2.31. The van der Waals surface area contributed by atoms with E-state index in [4.69, 9.17) is 0 Å². The lowest BCUT2D eigenvalue weighted by Crippen LogP contribution is -2.70. The van der Waals surface area contributed by atoms with Crippen molar-refractivity contribution in [2.45, 2.75) is 49.2 Å². The van der Waals surface area contributed by atoms with E-state index in [9.17, 15) is 45.0 Å². The molecule has 0 radical (unpaired) electrons. The molecule has 0 amide bonds. The third kappa shape index (κ3) is 5.99. The van der Waals surface area contributed by atoms with Gasteiger partial charge in [0.1, 0.15) is 17.7 Å². The number of ketones is 1. The Morgan fingerprint density at radius 3 is 1.87 bits per heavy atom. The Kier molecular flexibility index (Phi) is 8.57. The van der Waals surface area contributed by atoms with E-state index in [0.29, 0.717) is 18.2 Å². The topological polar surface area (TPSA) is 49.3 Å². The van der Waals surface area contributed by atoms with Gasteiger partial charge in [0, 0.05) is 11.8 Å². The lowest BCUT2D eigenvalue weighted by atomic mass is 9.66. The zero-order valence-corrected chi connectivity index (χ0v) is 20.8. The van der Waals surface area contributed by atoms with Crippen molar-refractivity contribution < 1.29 is 45.0 Å². The molecule has 210 valence electrons. The molecule has 0 fully saturated rings. The van der Waals surface area contributed by atoms with E-state index in [2.05, 4.69) is 0 Å². The quantitative estimate of drug-likeness (QED) is 0.307. The fourth-order valence-corrected chi connectivity index (χ4v) is 4.85. The van der Waals surface area contributed by atoms with Crippen molar-refractivity contribution >= 4 is 5.78 Å². The van der Waals surface area contributed by atoms with Crippen LogP contribution in [0.5, 0.6) is 0 Å². The summed E-state index contributed by atoms with van der Waals surface area (Å²) in [6.45, 7) is 1.52. The summed E-state index contributed by atoms with van der Waals surface area (Å²) >= 11 is 0. The summed E-state index contributed by atoms with van der Waals surface area (Å²) in [5.41, 5.74) is -6.09. The third-order valence-electron chi connectivity index (χ3n) is 6.71. The average molecular weight is 559 g/mol. The van der Waals surface area contributed by atoms with E-state index in [1.54, 1.807) is 35.6 Å². The summed E-state index contributed by atoms with van der Waals surface area (Å²) in [4.78, 5) is 13.5. The molecule has 2 atom stereocenters. The summed E-state index contributed by atoms with van der Waals surface area (Å²) < 4.78 is 111. The first-order valence-electron chi connectivity index (χ1n) is 11.7. The predicted octanol–water partition coefficient (Wildman–Crippen LogP) is 6.20. The molecule has 0 bridgehead atoms. The van der Waals surface area contributed by atoms with Crippen LogP contribution in [0.3, 0.4) is 0 Å². The number of halogens is 8.